The SMILES string of the molecule is CC12Oc3ccc(-c4ccc(OC(F)(F)F)cc4)cc3C(=O)N1CC1=NC=CCN12. The number of amides is 1. The third-order valence-corrected chi connectivity index (χ3v) is 5.41. The Kier molecular flexibility index (Phi) is 3.86. The molecule has 3 aliphatic heterocycles. The smallest absolute Gasteiger partial charge is 0.449 e. The number of ether oxygens (including phenoxy) is 2. The molecule has 0 spiro atoms. The summed E-state index contributed by atoms with van der Waals surface area (Å²) < 4.78 is 47.2. The predicted molar refractivity (Wildman–Crippen MR) is 102 cm³/mol. The summed E-state index contributed by atoms with van der Waals surface area (Å²) in [5, 5.41) is 0. The molecule has 2 aromatic rings. The molecule has 0 bridgehead atoms. The van der Waals surface area contributed by atoms with Crippen molar-refractivity contribution in [1.29, 1.82) is 0 Å². The van der Waals surface area contributed by atoms with Gasteiger partial charge in [-0.25, -0.2) is 4.99 Å². The van der Waals surface area contributed by atoms with Crippen molar-refractivity contribution in [3.63, 3.8) is 0 Å². The third-order valence-electron chi connectivity index (χ3n) is 5.41. The fourth-order valence-electron chi connectivity index (χ4n) is 3.97. The Morgan fingerprint density at radius 1 is 1.10 bits per heavy atom. The number of alkyl halides is 3. The fraction of sp³-hybridized carbons (Fsp3) is 0.238. The van der Waals surface area contributed by atoms with Crippen LogP contribution in [0.2, 0.25) is 0 Å². The van der Waals surface area contributed by atoms with E-state index in [-0.39, 0.29) is 11.7 Å². The maximum atomic E-state index is 13.2. The monoisotopic (exact) mass is 415 g/mol. The van der Waals surface area contributed by atoms with E-state index in [1.165, 1.54) is 24.3 Å². The molecule has 0 radical (unpaired) electrons. The highest BCUT2D eigenvalue weighted by atomic mass is 19.4. The lowest BCUT2D eigenvalue weighted by Gasteiger charge is -2.44. The van der Waals surface area contributed by atoms with Crippen molar-refractivity contribution in [2.45, 2.75) is 19.1 Å². The molecule has 1 atom stereocenters. The summed E-state index contributed by atoms with van der Waals surface area (Å²) >= 11 is 0. The van der Waals surface area contributed by atoms with Gasteiger partial charge < -0.3 is 9.47 Å². The van der Waals surface area contributed by atoms with E-state index in [1.807, 2.05) is 17.9 Å². The highest BCUT2D eigenvalue weighted by Gasteiger charge is 2.54. The molecular formula is C21H16F3N3O3. The lowest BCUT2D eigenvalue weighted by Crippen LogP contribution is -2.60. The lowest BCUT2D eigenvalue weighted by atomic mass is 10.0. The number of hydrogen-bond acceptors (Lipinski definition) is 5. The van der Waals surface area contributed by atoms with Crippen LogP contribution in [0.5, 0.6) is 11.5 Å². The lowest BCUT2D eigenvalue weighted by molar-refractivity contribution is -0.274. The minimum absolute atomic E-state index is 0.185. The summed E-state index contributed by atoms with van der Waals surface area (Å²) in [6.07, 6.45) is -1.13. The Morgan fingerprint density at radius 2 is 1.83 bits per heavy atom. The molecule has 1 unspecified atom stereocenters. The van der Waals surface area contributed by atoms with Gasteiger partial charge in [0.25, 0.3) is 11.8 Å². The van der Waals surface area contributed by atoms with Gasteiger partial charge in [0.05, 0.1) is 12.1 Å². The highest BCUT2D eigenvalue weighted by Crippen LogP contribution is 2.41. The van der Waals surface area contributed by atoms with Crippen LogP contribution in [-0.2, 0) is 0 Å². The zero-order chi connectivity index (χ0) is 21.1. The van der Waals surface area contributed by atoms with Gasteiger partial charge in [0.15, 0.2) is 0 Å². The van der Waals surface area contributed by atoms with E-state index in [9.17, 15) is 18.0 Å². The van der Waals surface area contributed by atoms with Gasteiger partial charge in [0.2, 0.25) is 0 Å². The maximum Gasteiger partial charge on any atom is 0.573 e. The molecule has 5 rings (SSSR count). The second-order valence-corrected chi connectivity index (χ2v) is 7.25. The largest absolute Gasteiger partial charge is 0.573 e. The van der Waals surface area contributed by atoms with Gasteiger partial charge in [0, 0.05) is 19.7 Å². The molecule has 1 fully saturated rings. The summed E-state index contributed by atoms with van der Waals surface area (Å²) in [6.45, 7) is 2.77. The second kappa shape index (κ2) is 6.25. The molecule has 9 heteroatoms. The van der Waals surface area contributed by atoms with Crippen LogP contribution in [0.4, 0.5) is 13.2 Å². The molecule has 0 N–H and O–H groups in total. The van der Waals surface area contributed by atoms with Crippen molar-refractivity contribution in [3.8, 4) is 22.6 Å². The standard InChI is InChI=1S/C21H16F3N3O3/c1-20-26-10-2-9-25-18(26)12-27(20)19(28)16-11-14(5-8-17(16)30-20)13-3-6-15(7-4-13)29-21(22,23)24/h2-9,11H,10,12H2,1H3. The van der Waals surface area contributed by atoms with E-state index in [2.05, 4.69) is 9.73 Å². The highest BCUT2D eigenvalue weighted by molar-refractivity contribution is 6.04. The van der Waals surface area contributed by atoms with Crippen molar-refractivity contribution in [2.75, 3.05) is 13.1 Å². The number of nitrogens with zero attached hydrogens (tertiary/aromatic N) is 3. The molecule has 1 saturated heterocycles. The molecular weight excluding hydrogens is 399 g/mol. The molecule has 154 valence electrons. The van der Waals surface area contributed by atoms with Crippen molar-refractivity contribution < 1.29 is 27.4 Å². The Hall–Kier alpha value is -3.49. The second-order valence-electron chi connectivity index (χ2n) is 7.25. The fourth-order valence-corrected chi connectivity index (χ4v) is 3.97. The van der Waals surface area contributed by atoms with Gasteiger partial charge in [-0.3, -0.25) is 14.6 Å². The summed E-state index contributed by atoms with van der Waals surface area (Å²) in [6, 6.07) is 10.7. The van der Waals surface area contributed by atoms with Gasteiger partial charge in [0.1, 0.15) is 17.3 Å². The summed E-state index contributed by atoms with van der Waals surface area (Å²) in [5.74, 6) is -0.222. The van der Waals surface area contributed by atoms with Gasteiger partial charge in [-0.05, 0) is 41.5 Å². The van der Waals surface area contributed by atoms with Crippen LogP contribution in [0.1, 0.15) is 17.3 Å². The van der Waals surface area contributed by atoms with E-state index in [4.69, 9.17) is 4.74 Å². The van der Waals surface area contributed by atoms with E-state index in [0.29, 0.717) is 35.5 Å². The minimum Gasteiger partial charge on any atom is -0.449 e. The van der Waals surface area contributed by atoms with Crippen LogP contribution in [0.25, 0.3) is 11.1 Å². The quantitative estimate of drug-likeness (QED) is 0.744. The van der Waals surface area contributed by atoms with Gasteiger partial charge in [-0.2, -0.15) is 0 Å². The number of benzene rings is 2. The van der Waals surface area contributed by atoms with Crippen LogP contribution in [0.3, 0.4) is 0 Å². The minimum atomic E-state index is -4.74. The van der Waals surface area contributed by atoms with E-state index >= 15 is 0 Å². The van der Waals surface area contributed by atoms with Crippen molar-refractivity contribution in [1.82, 2.24) is 9.80 Å². The molecule has 3 heterocycles. The van der Waals surface area contributed by atoms with Crippen LogP contribution >= 0.6 is 0 Å². The summed E-state index contributed by atoms with van der Waals surface area (Å²) in [7, 11) is 0. The van der Waals surface area contributed by atoms with Gasteiger partial charge >= 0.3 is 6.36 Å². The van der Waals surface area contributed by atoms with Gasteiger partial charge in [-0.1, -0.05) is 18.2 Å². The van der Waals surface area contributed by atoms with E-state index in [1.54, 1.807) is 29.3 Å². The van der Waals surface area contributed by atoms with Crippen LogP contribution in [0.15, 0.2) is 59.7 Å². The van der Waals surface area contributed by atoms with Crippen LogP contribution in [-0.4, -0.2) is 46.8 Å². The third kappa shape index (κ3) is 2.89. The Morgan fingerprint density at radius 3 is 2.57 bits per heavy atom. The molecule has 1 amide bonds. The molecule has 3 aliphatic rings. The van der Waals surface area contributed by atoms with Gasteiger partial charge in [-0.15, -0.1) is 13.2 Å². The molecule has 0 saturated carbocycles. The number of amidine groups is 1. The summed E-state index contributed by atoms with van der Waals surface area (Å²) in [4.78, 5) is 21.2. The zero-order valence-corrected chi connectivity index (χ0v) is 15.8. The average molecular weight is 415 g/mol. The predicted octanol–water partition coefficient (Wildman–Crippen LogP) is 4.00. The number of hydrogen-bond donors (Lipinski definition) is 0. The van der Waals surface area contributed by atoms with Crippen molar-refractivity contribution >= 4 is 11.7 Å². The normalized spacial score (nSPS) is 22.1. The first-order valence-corrected chi connectivity index (χ1v) is 9.25. The molecule has 30 heavy (non-hydrogen) atoms. The zero-order valence-electron chi connectivity index (χ0n) is 15.8. The number of fused-ring (bicyclic) bond motifs is 4. The first-order chi connectivity index (χ1) is 14.2. The molecule has 6 nitrogen and oxygen atoms in total. The van der Waals surface area contributed by atoms with E-state index in [0.717, 1.165) is 5.84 Å². The number of halogens is 3. The molecule has 2 aromatic carbocycles. The van der Waals surface area contributed by atoms with Crippen molar-refractivity contribution in [2.24, 2.45) is 4.99 Å². The number of carbonyl (C=O) groups is 1. The maximum absolute atomic E-state index is 13.2. The first kappa shape index (κ1) is 18.5. The number of carbonyl (C=O) groups excluding carboxylic acids is 1. The number of aliphatic imine (C=N–C) groups is 1. The van der Waals surface area contributed by atoms with Crippen molar-refractivity contribution in [3.05, 3.63) is 60.3 Å². The van der Waals surface area contributed by atoms with Crippen LogP contribution in [0, 0.1) is 0 Å². The number of rotatable bonds is 2. The first-order valence-electron chi connectivity index (χ1n) is 9.25. The molecule has 0 aliphatic carbocycles. The van der Waals surface area contributed by atoms with E-state index < -0.39 is 12.2 Å². The molecule has 0 aromatic heterocycles. The average Bonchev–Trinajstić information content (AvgIpc) is 3.00. The topological polar surface area (TPSA) is 54.4 Å². The Balaban J connectivity index is 1.46. The van der Waals surface area contributed by atoms with Crippen LogP contribution < -0.4 is 9.47 Å². The Labute approximate surface area is 169 Å². The summed E-state index contributed by atoms with van der Waals surface area (Å²) in [5.41, 5.74) is 1.73. The Bertz CT molecular complexity index is 1090.